The second kappa shape index (κ2) is 15.9. The molecule has 0 saturated heterocycles. The molecule has 13 heteroatoms. The molecule has 0 amide bonds. The molecule has 54 heavy (non-hydrogen) atoms. The monoisotopic (exact) mass is 757 g/mol. The van der Waals surface area contributed by atoms with E-state index in [1.807, 2.05) is 66.1 Å². The molecule has 6 aromatic rings. The van der Waals surface area contributed by atoms with Crippen LogP contribution in [0.25, 0.3) is 32.8 Å². The van der Waals surface area contributed by atoms with Crippen LogP contribution in [0.5, 0.6) is 5.75 Å². The molecule has 1 aliphatic rings. The van der Waals surface area contributed by atoms with Crippen molar-refractivity contribution in [2.75, 3.05) is 33.5 Å². The molecule has 7 rings (SSSR count). The average Bonchev–Trinajstić information content (AvgIpc) is 3.75. The van der Waals surface area contributed by atoms with Crippen LogP contribution in [0.3, 0.4) is 0 Å². The van der Waals surface area contributed by atoms with Crippen LogP contribution in [-0.2, 0) is 54.3 Å². The van der Waals surface area contributed by atoms with Gasteiger partial charge in [-0.05, 0) is 92.1 Å². The molecular weight excluding hydrogens is 713 g/mol. The van der Waals surface area contributed by atoms with Crippen LogP contribution < -0.4 is 4.74 Å². The molecule has 0 saturated carbocycles. The first-order chi connectivity index (χ1) is 26.0. The van der Waals surface area contributed by atoms with Gasteiger partial charge in [0.25, 0.3) is 0 Å². The van der Waals surface area contributed by atoms with Crippen molar-refractivity contribution in [2.45, 2.75) is 58.8 Å². The lowest BCUT2D eigenvalue weighted by Crippen LogP contribution is -2.12. The summed E-state index contributed by atoms with van der Waals surface area (Å²) >= 11 is 7.11. The zero-order valence-corrected chi connectivity index (χ0v) is 32.0. The lowest BCUT2D eigenvalue weighted by molar-refractivity contribution is -0.000806. The molecular formula is C41H45ClFN5O6. The van der Waals surface area contributed by atoms with Crippen molar-refractivity contribution in [1.82, 2.24) is 24.1 Å². The third kappa shape index (κ3) is 7.35. The molecule has 0 unspecified atom stereocenters. The molecule has 0 spiro atoms. The van der Waals surface area contributed by atoms with E-state index in [1.165, 1.54) is 12.1 Å². The number of hydrogen-bond donors (Lipinski definition) is 1. The standard InChI is InChI=1S/C41H45ClFN5O6/c1-24-36-33-12-11-32(42)38(36)37-25(2)46(3)45-39(37)34(13-16-52-18-17-51-5)54-23-29-22-30(47(4)44-29)9-7-26-19-27-21-28(43)8-10-31(27)35(20-26)53-15-6-14-48(33)40(24)41(49)50/h8,10-12,19-22,34H,6-7,9,13-18,23H2,1-5H3,(H,49,50)/t34-/m0/s1. The number of aromatic carboxylic acids is 1. The van der Waals surface area contributed by atoms with Gasteiger partial charge >= 0.3 is 5.97 Å². The SMILES string of the molecule is COCCOCC[C@@H]1OCc2cc(n(C)n2)CCc2cc(c3ccc(F)cc3c2)OCCCn2c(C(=O)O)c(C)c3c(c(Cl)ccc32)-c2c1nn(C)c2C. The van der Waals surface area contributed by atoms with Gasteiger partial charge in [0, 0.05) is 84.6 Å². The highest BCUT2D eigenvalue weighted by molar-refractivity contribution is 6.35. The van der Waals surface area contributed by atoms with Gasteiger partial charge in [0.05, 0.1) is 37.8 Å². The second-order valence-electron chi connectivity index (χ2n) is 13.8. The number of ether oxygens (including phenoxy) is 4. The van der Waals surface area contributed by atoms with Gasteiger partial charge in [-0.3, -0.25) is 9.36 Å². The Morgan fingerprint density at radius 3 is 2.65 bits per heavy atom. The third-order valence-electron chi connectivity index (χ3n) is 10.3. The maximum atomic E-state index is 14.4. The summed E-state index contributed by atoms with van der Waals surface area (Å²) in [5, 5.41) is 23.1. The van der Waals surface area contributed by atoms with Gasteiger partial charge in [-0.25, -0.2) is 9.18 Å². The zero-order valence-electron chi connectivity index (χ0n) is 31.2. The smallest absolute Gasteiger partial charge is 0.352 e. The number of benzene rings is 3. The molecule has 8 bridgehead atoms. The number of carbonyl (C=O) groups is 1. The van der Waals surface area contributed by atoms with E-state index in [1.54, 1.807) is 13.2 Å². The Hall–Kier alpha value is -4.75. The molecule has 1 N–H and O–H groups in total. The number of fused-ring (bicyclic) bond motifs is 8. The summed E-state index contributed by atoms with van der Waals surface area (Å²) in [5.41, 5.74) is 7.38. The predicted octanol–water partition coefficient (Wildman–Crippen LogP) is 7.91. The minimum absolute atomic E-state index is 0.187. The van der Waals surface area contributed by atoms with Gasteiger partial charge in [-0.2, -0.15) is 10.2 Å². The van der Waals surface area contributed by atoms with Gasteiger partial charge in [-0.15, -0.1) is 0 Å². The Balaban J connectivity index is 1.37. The van der Waals surface area contributed by atoms with E-state index >= 15 is 0 Å². The molecule has 4 heterocycles. The molecule has 0 aliphatic carbocycles. The first kappa shape index (κ1) is 37.6. The number of carboxylic acid groups (broad SMARTS) is 1. The predicted molar refractivity (Wildman–Crippen MR) is 205 cm³/mol. The fourth-order valence-electron chi connectivity index (χ4n) is 7.63. The van der Waals surface area contributed by atoms with Gasteiger partial charge in [0.2, 0.25) is 0 Å². The van der Waals surface area contributed by atoms with Crippen molar-refractivity contribution >= 4 is 39.2 Å². The van der Waals surface area contributed by atoms with E-state index in [0.717, 1.165) is 49.9 Å². The quantitative estimate of drug-likeness (QED) is 0.164. The van der Waals surface area contributed by atoms with Crippen LogP contribution in [0.4, 0.5) is 4.39 Å². The first-order valence-electron chi connectivity index (χ1n) is 18.2. The maximum absolute atomic E-state index is 14.4. The highest BCUT2D eigenvalue weighted by atomic mass is 35.5. The molecule has 1 aliphatic heterocycles. The van der Waals surface area contributed by atoms with Crippen molar-refractivity contribution < 1.29 is 33.2 Å². The number of rotatable bonds is 7. The van der Waals surface area contributed by atoms with E-state index in [2.05, 4.69) is 6.07 Å². The molecule has 284 valence electrons. The number of halogens is 2. The Kier molecular flexibility index (Phi) is 11.1. The molecule has 0 radical (unpaired) electrons. The van der Waals surface area contributed by atoms with E-state index in [0.29, 0.717) is 86.2 Å². The van der Waals surface area contributed by atoms with Crippen LogP contribution >= 0.6 is 11.6 Å². The summed E-state index contributed by atoms with van der Waals surface area (Å²) in [4.78, 5) is 12.9. The number of aryl methyl sites for hydroxylation is 6. The minimum atomic E-state index is -1.03. The van der Waals surface area contributed by atoms with Crippen molar-refractivity contribution in [3.05, 3.63) is 99.0 Å². The zero-order chi connectivity index (χ0) is 38.1. The third-order valence-corrected chi connectivity index (χ3v) is 10.7. The Morgan fingerprint density at radius 1 is 1.02 bits per heavy atom. The van der Waals surface area contributed by atoms with E-state index in [9.17, 15) is 14.3 Å². The van der Waals surface area contributed by atoms with Crippen LogP contribution in [0.2, 0.25) is 5.02 Å². The lowest BCUT2D eigenvalue weighted by atomic mass is 9.94. The topological polar surface area (TPSA) is 115 Å². The number of methoxy groups -OCH3 is 1. The van der Waals surface area contributed by atoms with Crippen molar-refractivity contribution in [2.24, 2.45) is 14.1 Å². The van der Waals surface area contributed by atoms with E-state index in [-0.39, 0.29) is 18.1 Å². The van der Waals surface area contributed by atoms with Crippen molar-refractivity contribution in [3.8, 4) is 16.9 Å². The van der Waals surface area contributed by atoms with Crippen LogP contribution in [0.15, 0.2) is 48.5 Å². The summed E-state index contributed by atoms with van der Waals surface area (Å²) in [6.07, 6.45) is 1.87. The van der Waals surface area contributed by atoms with Crippen molar-refractivity contribution in [3.63, 3.8) is 0 Å². The maximum Gasteiger partial charge on any atom is 0.352 e. The first-order valence-corrected chi connectivity index (χ1v) is 18.6. The van der Waals surface area contributed by atoms with Gasteiger partial charge in [0.15, 0.2) is 0 Å². The largest absolute Gasteiger partial charge is 0.493 e. The summed E-state index contributed by atoms with van der Waals surface area (Å²) in [6, 6.07) is 14.5. The number of aromatic nitrogens is 5. The fraction of sp³-hybridized carbons (Fsp3) is 0.390. The van der Waals surface area contributed by atoms with E-state index < -0.39 is 12.1 Å². The molecule has 11 nitrogen and oxygen atoms in total. The molecule has 3 aromatic heterocycles. The van der Waals surface area contributed by atoms with Gasteiger partial charge in [0.1, 0.15) is 23.4 Å². The summed E-state index contributed by atoms with van der Waals surface area (Å²) < 4.78 is 44.1. The summed E-state index contributed by atoms with van der Waals surface area (Å²) in [7, 11) is 5.44. The lowest BCUT2D eigenvalue weighted by Gasteiger charge is -2.19. The molecule has 0 fully saturated rings. The molecule has 3 aromatic carbocycles. The van der Waals surface area contributed by atoms with Gasteiger partial charge < -0.3 is 28.6 Å². The van der Waals surface area contributed by atoms with Crippen LogP contribution in [0.1, 0.15) is 63.3 Å². The van der Waals surface area contributed by atoms with Gasteiger partial charge in [-0.1, -0.05) is 17.7 Å². The minimum Gasteiger partial charge on any atom is -0.493 e. The van der Waals surface area contributed by atoms with Crippen LogP contribution in [0, 0.1) is 19.7 Å². The normalized spacial score (nSPS) is 15.4. The van der Waals surface area contributed by atoms with E-state index in [4.69, 9.17) is 40.7 Å². The number of hydrogen-bond acceptors (Lipinski definition) is 7. The highest BCUT2D eigenvalue weighted by Gasteiger charge is 2.30. The number of carboxylic acids is 1. The highest BCUT2D eigenvalue weighted by Crippen LogP contribution is 2.44. The fourth-order valence-corrected chi connectivity index (χ4v) is 7.89. The molecule has 1 atom stereocenters. The summed E-state index contributed by atoms with van der Waals surface area (Å²) in [6.45, 7) is 6.03. The number of nitrogens with zero attached hydrogens (tertiary/aromatic N) is 5. The van der Waals surface area contributed by atoms with Crippen molar-refractivity contribution in [1.29, 1.82) is 0 Å². The Labute approximate surface area is 318 Å². The Morgan fingerprint density at radius 2 is 1.85 bits per heavy atom. The second-order valence-corrected chi connectivity index (χ2v) is 14.2. The summed E-state index contributed by atoms with van der Waals surface area (Å²) in [5.74, 6) is -0.693. The average molecular weight is 758 g/mol. The van der Waals surface area contributed by atoms with Crippen LogP contribution in [-0.4, -0.2) is 68.7 Å². The Bertz CT molecular complexity index is 2350.